The van der Waals surface area contributed by atoms with Crippen molar-refractivity contribution in [3.8, 4) is 17.2 Å². The minimum atomic E-state index is 0.531. The lowest BCUT2D eigenvalue weighted by Crippen LogP contribution is -2.06. The van der Waals surface area contributed by atoms with Crippen molar-refractivity contribution in [1.82, 2.24) is 9.99 Å². The number of methoxy groups -OCH3 is 2. The molecule has 1 N–H and O–H groups in total. The van der Waals surface area contributed by atoms with E-state index in [1.807, 2.05) is 50.4 Å². The normalized spacial score (nSPS) is 11.1. The molecule has 0 aliphatic rings. The van der Waals surface area contributed by atoms with Gasteiger partial charge in [0.05, 0.1) is 37.0 Å². The first-order chi connectivity index (χ1) is 13.9. The van der Waals surface area contributed by atoms with Crippen LogP contribution in [0.1, 0.15) is 22.5 Å². The highest BCUT2D eigenvalue weighted by molar-refractivity contribution is 6.42. The lowest BCUT2D eigenvalue weighted by molar-refractivity contribution is 0.354. The first kappa shape index (κ1) is 21.1. The molecule has 0 amide bonds. The Morgan fingerprint density at radius 1 is 0.966 bits per heavy atom. The summed E-state index contributed by atoms with van der Waals surface area (Å²) in [5.74, 6) is 1.40. The number of rotatable bonds is 7. The molecule has 29 heavy (non-hydrogen) atoms. The van der Waals surface area contributed by atoms with E-state index < -0.39 is 0 Å². The van der Waals surface area contributed by atoms with Crippen molar-refractivity contribution >= 4 is 29.4 Å². The van der Waals surface area contributed by atoms with Gasteiger partial charge in [0.1, 0.15) is 0 Å². The van der Waals surface area contributed by atoms with Crippen LogP contribution in [0.5, 0.6) is 11.5 Å². The molecule has 0 bridgehead atoms. The summed E-state index contributed by atoms with van der Waals surface area (Å²) in [5.41, 5.74) is 8.26. The monoisotopic (exact) mass is 431 g/mol. The molecule has 0 aliphatic carbocycles. The van der Waals surface area contributed by atoms with Crippen molar-refractivity contribution in [2.75, 3.05) is 14.2 Å². The molecule has 2 aromatic carbocycles. The number of aryl methyl sites for hydroxylation is 1. The zero-order chi connectivity index (χ0) is 21.0. The summed E-state index contributed by atoms with van der Waals surface area (Å²) in [5, 5.41) is 5.44. The third kappa shape index (κ3) is 4.69. The van der Waals surface area contributed by atoms with Crippen LogP contribution in [0, 0.1) is 13.8 Å². The first-order valence-electron chi connectivity index (χ1n) is 9.05. The van der Waals surface area contributed by atoms with Crippen LogP contribution >= 0.6 is 23.2 Å². The zero-order valence-corrected chi connectivity index (χ0v) is 18.3. The van der Waals surface area contributed by atoms with E-state index in [1.165, 1.54) is 0 Å². The molecule has 0 radical (unpaired) electrons. The van der Waals surface area contributed by atoms with Gasteiger partial charge >= 0.3 is 0 Å². The summed E-state index contributed by atoms with van der Waals surface area (Å²) in [7, 11) is 3.24. The average molecular weight is 432 g/mol. The van der Waals surface area contributed by atoms with E-state index in [0.29, 0.717) is 28.1 Å². The number of halogens is 2. The summed E-state index contributed by atoms with van der Waals surface area (Å²) >= 11 is 12.2. The molecule has 0 unspecified atom stereocenters. The standard InChI is InChI=1S/C22H23Cl2N3O2/c1-14-9-17(15(2)27(14)18-6-7-19(23)20(24)11-18)13-26-25-12-16-5-8-21(28-3)22(10-16)29-4/h5-11,13,25H,12H2,1-4H3/b26-13+. The second kappa shape index (κ2) is 9.25. The molecule has 3 aromatic rings. The average Bonchev–Trinajstić information content (AvgIpc) is 3.00. The van der Waals surface area contributed by atoms with Gasteiger partial charge in [-0.05, 0) is 55.8 Å². The van der Waals surface area contributed by atoms with Crippen molar-refractivity contribution in [1.29, 1.82) is 0 Å². The molecule has 0 spiro atoms. The van der Waals surface area contributed by atoms with Crippen molar-refractivity contribution in [2.24, 2.45) is 5.10 Å². The van der Waals surface area contributed by atoms with E-state index in [4.69, 9.17) is 32.7 Å². The quantitative estimate of drug-likeness (QED) is 0.394. The Morgan fingerprint density at radius 2 is 1.72 bits per heavy atom. The predicted molar refractivity (Wildman–Crippen MR) is 119 cm³/mol. The zero-order valence-electron chi connectivity index (χ0n) is 16.8. The van der Waals surface area contributed by atoms with Crippen LogP contribution < -0.4 is 14.9 Å². The van der Waals surface area contributed by atoms with E-state index in [9.17, 15) is 0 Å². The Bertz CT molecular complexity index is 1040. The van der Waals surface area contributed by atoms with Gasteiger partial charge in [-0.1, -0.05) is 29.3 Å². The predicted octanol–water partition coefficient (Wildman–Crippen LogP) is 5.54. The lowest BCUT2D eigenvalue weighted by atomic mass is 10.2. The molecule has 3 rings (SSSR count). The molecule has 0 atom stereocenters. The maximum atomic E-state index is 6.18. The molecule has 7 heteroatoms. The molecule has 0 fully saturated rings. The summed E-state index contributed by atoms with van der Waals surface area (Å²) in [6.45, 7) is 4.66. The van der Waals surface area contributed by atoms with E-state index in [-0.39, 0.29) is 0 Å². The number of hydrogen-bond acceptors (Lipinski definition) is 4. The Kier molecular flexibility index (Phi) is 6.72. The van der Waals surface area contributed by atoms with Gasteiger partial charge in [0.2, 0.25) is 0 Å². The van der Waals surface area contributed by atoms with Gasteiger partial charge in [-0.15, -0.1) is 0 Å². The van der Waals surface area contributed by atoms with E-state index >= 15 is 0 Å². The van der Waals surface area contributed by atoms with Gasteiger partial charge in [0.25, 0.3) is 0 Å². The van der Waals surface area contributed by atoms with Crippen molar-refractivity contribution in [3.05, 3.63) is 75.0 Å². The van der Waals surface area contributed by atoms with Crippen molar-refractivity contribution < 1.29 is 9.47 Å². The molecule has 152 valence electrons. The number of nitrogens with zero attached hydrogens (tertiary/aromatic N) is 2. The largest absolute Gasteiger partial charge is 0.493 e. The molecular weight excluding hydrogens is 409 g/mol. The highest BCUT2D eigenvalue weighted by atomic mass is 35.5. The highest BCUT2D eigenvalue weighted by Crippen LogP contribution is 2.28. The van der Waals surface area contributed by atoms with E-state index in [0.717, 1.165) is 28.2 Å². The summed E-state index contributed by atoms with van der Waals surface area (Å²) in [6.07, 6.45) is 1.82. The van der Waals surface area contributed by atoms with Crippen molar-refractivity contribution in [2.45, 2.75) is 20.4 Å². The molecule has 0 saturated heterocycles. The molecular formula is C22H23Cl2N3O2. The number of benzene rings is 2. The number of hydrazone groups is 1. The molecule has 1 aromatic heterocycles. The molecule has 0 saturated carbocycles. The van der Waals surface area contributed by atoms with E-state index in [1.54, 1.807) is 20.3 Å². The maximum absolute atomic E-state index is 6.18. The summed E-state index contributed by atoms with van der Waals surface area (Å²) in [6, 6.07) is 13.5. The van der Waals surface area contributed by atoms with Gasteiger partial charge in [-0.3, -0.25) is 0 Å². The summed E-state index contributed by atoms with van der Waals surface area (Å²) < 4.78 is 12.7. The minimum Gasteiger partial charge on any atom is -0.493 e. The van der Waals surface area contributed by atoms with Gasteiger partial charge in [-0.25, -0.2) is 0 Å². The van der Waals surface area contributed by atoms with Crippen LogP contribution in [0.4, 0.5) is 0 Å². The van der Waals surface area contributed by atoms with Crippen LogP contribution in [0.25, 0.3) is 5.69 Å². The second-order valence-corrected chi connectivity index (χ2v) is 7.36. The molecule has 0 aliphatic heterocycles. The van der Waals surface area contributed by atoms with Crippen LogP contribution in [0.15, 0.2) is 47.6 Å². The lowest BCUT2D eigenvalue weighted by Gasteiger charge is -2.10. The van der Waals surface area contributed by atoms with E-state index in [2.05, 4.69) is 21.2 Å². The molecule has 1 heterocycles. The second-order valence-electron chi connectivity index (χ2n) is 6.54. The third-order valence-corrected chi connectivity index (χ3v) is 5.40. The summed E-state index contributed by atoms with van der Waals surface area (Å²) in [4.78, 5) is 0. The third-order valence-electron chi connectivity index (χ3n) is 4.66. The fraction of sp³-hybridized carbons (Fsp3) is 0.227. The van der Waals surface area contributed by atoms with Gasteiger partial charge in [-0.2, -0.15) is 5.10 Å². The number of nitrogens with one attached hydrogen (secondary N) is 1. The molecule has 5 nitrogen and oxygen atoms in total. The Morgan fingerprint density at radius 3 is 2.41 bits per heavy atom. The Balaban J connectivity index is 1.72. The van der Waals surface area contributed by atoms with Crippen LogP contribution in [-0.4, -0.2) is 25.0 Å². The van der Waals surface area contributed by atoms with Gasteiger partial charge in [0, 0.05) is 22.6 Å². The minimum absolute atomic E-state index is 0.531. The van der Waals surface area contributed by atoms with Gasteiger partial charge in [0.15, 0.2) is 11.5 Å². The number of hydrogen-bond donors (Lipinski definition) is 1. The Hall–Kier alpha value is -2.63. The smallest absolute Gasteiger partial charge is 0.161 e. The van der Waals surface area contributed by atoms with Crippen LogP contribution in [0.2, 0.25) is 10.0 Å². The van der Waals surface area contributed by atoms with Crippen LogP contribution in [0.3, 0.4) is 0 Å². The highest BCUT2D eigenvalue weighted by Gasteiger charge is 2.11. The Labute approximate surface area is 180 Å². The number of aromatic nitrogens is 1. The number of ether oxygens (including phenoxy) is 2. The maximum Gasteiger partial charge on any atom is 0.161 e. The fourth-order valence-electron chi connectivity index (χ4n) is 3.18. The fourth-order valence-corrected chi connectivity index (χ4v) is 3.47. The topological polar surface area (TPSA) is 47.8 Å². The van der Waals surface area contributed by atoms with Gasteiger partial charge < -0.3 is 19.5 Å². The van der Waals surface area contributed by atoms with Crippen LogP contribution in [-0.2, 0) is 6.54 Å². The first-order valence-corrected chi connectivity index (χ1v) is 9.81. The van der Waals surface area contributed by atoms with Crippen molar-refractivity contribution in [3.63, 3.8) is 0 Å². The SMILES string of the molecule is COc1ccc(CN/N=C/c2cc(C)n(-c3ccc(Cl)c(Cl)c3)c2C)cc1OC.